The number of fused-ring (bicyclic) bond motifs is 1. The van der Waals surface area contributed by atoms with Crippen LogP contribution in [0.5, 0.6) is 0 Å². The predicted octanol–water partition coefficient (Wildman–Crippen LogP) is 3.72. The Labute approximate surface area is 169 Å². The second kappa shape index (κ2) is 8.73. The zero-order valence-electron chi connectivity index (χ0n) is 15.9. The van der Waals surface area contributed by atoms with Crippen LogP contribution in [0.25, 0.3) is 0 Å². The van der Waals surface area contributed by atoms with Gasteiger partial charge < -0.3 is 10.2 Å². The van der Waals surface area contributed by atoms with Crippen molar-refractivity contribution in [2.45, 2.75) is 57.5 Å². The molecule has 3 amide bonds. The number of anilines is 1. The van der Waals surface area contributed by atoms with Crippen LogP contribution in [0, 0.1) is 0 Å². The Morgan fingerprint density at radius 1 is 1.18 bits per heavy atom. The molecule has 6 nitrogen and oxygen atoms in total. The molecule has 1 fully saturated rings. The van der Waals surface area contributed by atoms with E-state index in [0.29, 0.717) is 24.6 Å². The average molecular weight is 399 g/mol. The number of urea groups is 1. The number of benzene rings is 1. The van der Waals surface area contributed by atoms with Crippen LogP contribution in [-0.4, -0.2) is 34.4 Å². The maximum absolute atomic E-state index is 12.6. The van der Waals surface area contributed by atoms with Gasteiger partial charge in [0.1, 0.15) is 0 Å². The third-order valence-electron chi connectivity index (χ3n) is 5.47. The fraction of sp³-hybridized carbons (Fsp3) is 0.476. The summed E-state index contributed by atoms with van der Waals surface area (Å²) in [5.41, 5.74) is 2.19. The smallest absolute Gasteiger partial charge is 0.321 e. The molecule has 1 aromatic heterocycles. The van der Waals surface area contributed by atoms with E-state index >= 15 is 0 Å². The highest BCUT2D eigenvalue weighted by atomic mass is 32.1. The minimum atomic E-state index is -0.172. The number of hydrogen-bond acceptors (Lipinski definition) is 4. The lowest BCUT2D eigenvalue weighted by atomic mass is 10.1. The average Bonchev–Trinajstić information content (AvgIpc) is 3.35. The van der Waals surface area contributed by atoms with Gasteiger partial charge in [-0.25, -0.2) is 9.78 Å². The molecule has 0 bridgehead atoms. The lowest BCUT2D eigenvalue weighted by Crippen LogP contribution is -2.36. The molecule has 2 aromatic rings. The van der Waals surface area contributed by atoms with Crippen molar-refractivity contribution >= 4 is 28.4 Å². The van der Waals surface area contributed by atoms with Gasteiger partial charge in [0.2, 0.25) is 5.91 Å². The number of hydrogen-bond donors (Lipinski definition) is 2. The number of carbonyl (C=O) groups is 2. The molecule has 0 saturated heterocycles. The third-order valence-corrected chi connectivity index (χ3v) is 6.46. The number of nitrogens with zero attached hydrogens (tertiary/aromatic N) is 2. The molecular weight excluding hydrogens is 372 g/mol. The summed E-state index contributed by atoms with van der Waals surface area (Å²) in [6, 6.07) is 10.2. The molecule has 0 radical (unpaired) electrons. The second-order valence-corrected chi connectivity index (χ2v) is 8.60. The van der Waals surface area contributed by atoms with Gasteiger partial charge in [0.05, 0.1) is 12.2 Å². The van der Waals surface area contributed by atoms with E-state index in [1.54, 1.807) is 0 Å². The van der Waals surface area contributed by atoms with Crippen molar-refractivity contribution < 1.29 is 9.59 Å². The van der Waals surface area contributed by atoms with Crippen LogP contribution in [-0.2, 0) is 24.2 Å². The van der Waals surface area contributed by atoms with E-state index in [0.717, 1.165) is 36.3 Å². The molecular formula is C21H26N4O2S. The number of thiazole rings is 1. The number of amides is 3. The van der Waals surface area contributed by atoms with Crippen LogP contribution in [0.4, 0.5) is 9.93 Å². The second-order valence-electron chi connectivity index (χ2n) is 7.52. The summed E-state index contributed by atoms with van der Waals surface area (Å²) in [5, 5.41) is 6.51. The van der Waals surface area contributed by atoms with Crippen LogP contribution in [0.1, 0.15) is 48.2 Å². The predicted molar refractivity (Wildman–Crippen MR) is 110 cm³/mol. The van der Waals surface area contributed by atoms with Crippen molar-refractivity contribution in [3.63, 3.8) is 0 Å². The van der Waals surface area contributed by atoms with Gasteiger partial charge in [0, 0.05) is 30.3 Å². The van der Waals surface area contributed by atoms with E-state index in [1.165, 1.54) is 29.7 Å². The monoisotopic (exact) mass is 398 g/mol. The first-order valence-electron chi connectivity index (χ1n) is 10.0. The van der Waals surface area contributed by atoms with Crippen molar-refractivity contribution in [1.29, 1.82) is 0 Å². The van der Waals surface area contributed by atoms with Crippen molar-refractivity contribution in [1.82, 2.24) is 15.2 Å². The number of rotatable bonds is 5. The van der Waals surface area contributed by atoms with E-state index in [4.69, 9.17) is 0 Å². The maximum Gasteiger partial charge on any atom is 0.321 e. The minimum Gasteiger partial charge on any atom is -0.337 e. The molecule has 1 aliphatic heterocycles. The lowest BCUT2D eigenvalue weighted by molar-refractivity contribution is -0.132. The van der Waals surface area contributed by atoms with Gasteiger partial charge in [-0.1, -0.05) is 54.5 Å². The highest BCUT2D eigenvalue weighted by Crippen LogP contribution is 2.29. The molecule has 148 valence electrons. The molecule has 7 heteroatoms. The fourth-order valence-corrected chi connectivity index (χ4v) is 4.92. The van der Waals surface area contributed by atoms with Crippen LogP contribution >= 0.6 is 11.3 Å². The Morgan fingerprint density at radius 2 is 1.96 bits per heavy atom. The van der Waals surface area contributed by atoms with Gasteiger partial charge in [-0.15, -0.1) is 0 Å². The van der Waals surface area contributed by atoms with Crippen LogP contribution in [0.2, 0.25) is 0 Å². The van der Waals surface area contributed by atoms with Crippen LogP contribution < -0.4 is 10.6 Å². The summed E-state index contributed by atoms with van der Waals surface area (Å²) < 4.78 is 0. The molecule has 2 N–H and O–H groups in total. The highest BCUT2D eigenvalue weighted by Gasteiger charge is 2.25. The molecule has 0 atom stereocenters. The molecule has 0 spiro atoms. The number of nitrogens with one attached hydrogen (secondary N) is 2. The molecule has 1 aromatic carbocycles. The van der Waals surface area contributed by atoms with Crippen LogP contribution in [0.3, 0.4) is 0 Å². The number of aryl methyl sites for hydroxylation is 1. The maximum atomic E-state index is 12.6. The Bertz CT molecular complexity index is 830. The summed E-state index contributed by atoms with van der Waals surface area (Å²) in [4.78, 5) is 32.3. The third kappa shape index (κ3) is 4.70. The molecule has 4 rings (SSSR count). The van der Waals surface area contributed by atoms with Crippen molar-refractivity contribution in [2.24, 2.45) is 0 Å². The molecule has 0 unspecified atom stereocenters. The normalized spacial score (nSPS) is 16.6. The van der Waals surface area contributed by atoms with E-state index in [1.807, 2.05) is 23.1 Å². The van der Waals surface area contributed by atoms with Crippen molar-refractivity contribution in [2.75, 3.05) is 11.9 Å². The van der Waals surface area contributed by atoms with Crippen molar-refractivity contribution in [3.8, 4) is 0 Å². The Balaban J connectivity index is 1.30. The summed E-state index contributed by atoms with van der Waals surface area (Å²) in [7, 11) is 0. The van der Waals surface area contributed by atoms with Gasteiger partial charge in [-0.05, 0) is 24.8 Å². The summed E-state index contributed by atoms with van der Waals surface area (Å²) >= 11 is 1.48. The fourth-order valence-electron chi connectivity index (χ4n) is 3.90. The Hall–Kier alpha value is -2.41. The first kappa shape index (κ1) is 18.9. The van der Waals surface area contributed by atoms with Gasteiger partial charge in [0.15, 0.2) is 5.13 Å². The molecule has 2 heterocycles. The SMILES string of the molecule is O=C(Nc1nc2c(s1)CN(C(=O)CCc1ccccc1)CC2)NC1CCCC1. The van der Waals surface area contributed by atoms with Crippen molar-refractivity contribution in [3.05, 3.63) is 46.5 Å². The number of aromatic nitrogens is 1. The molecule has 2 aliphatic rings. The summed E-state index contributed by atoms with van der Waals surface area (Å²) in [5.74, 6) is 0.177. The molecule has 1 aliphatic carbocycles. The Morgan fingerprint density at radius 3 is 2.75 bits per heavy atom. The Kier molecular flexibility index (Phi) is 5.90. The zero-order chi connectivity index (χ0) is 19.3. The first-order chi connectivity index (χ1) is 13.7. The van der Waals surface area contributed by atoms with Gasteiger partial charge >= 0.3 is 6.03 Å². The van der Waals surface area contributed by atoms with Crippen LogP contribution in [0.15, 0.2) is 30.3 Å². The van der Waals surface area contributed by atoms with Gasteiger partial charge in [-0.3, -0.25) is 10.1 Å². The lowest BCUT2D eigenvalue weighted by Gasteiger charge is -2.26. The molecule has 1 saturated carbocycles. The first-order valence-corrected chi connectivity index (χ1v) is 10.9. The minimum absolute atomic E-state index is 0.172. The topological polar surface area (TPSA) is 74.3 Å². The quantitative estimate of drug-likeness (QED) is 0.806. The standard InChI is InChI=1S/C21H26N4O2S/c26-19(11-10-15-6-2-1-3-7-15)25-13-12-17-18(14-25)28-21(23-17)24-20(27)22-16-8-4-5-9-16/h1-3,6-7,16H,4-5,8-14H2,(H2,22,23,24,27). The zero-order valence-corrected chi connectivity index (χ0v) is 16.8. The van der Waals surface area contributed by atoms with E-state index < -0.39 is 0 Å². The summed E-state index contributed by atoms with van der Waals surface area (Å²) in [6.45, 7) is 1.28. The van der Waals surface area contributed by atoms with E-state index in [-0.39, 0.29) is 18.0 Å². The molecule has 28 heavy (non-hydrogen) atoms. The summed E-state index contributed by atoms with van der Waals surface area (Å²) in [6.07, 6.45) is 6.51. The largest absolute Gasteiger partial charge is 0.337 e. The van der Waals surface area contributed by atoms with Gasteiger partial charge in [0.25, 0.3) is 0 Å². The van der Waals surface area contributed by atoms with Gasteiger partial charge in [-0.2, -0.15) is 0 Å². The number of carbonyl (C=O) groups excluding carboxylic acids is 2. The van der Waals surface area contributed by atoms with E-state index in [2.05, 4.69) is 27.8 Å². The van der Waals surface area contributed by atoms with E-state index in [9.17, 15) is 9.59 Å². The highest BCUT2D eigenvalue weighted by molar-refractivity contribution is 7.15.